The number of aliphatic hydroxyl groups excluding tert-OH is 1. The Labute approximate surface area is 47.4 Å². The quantitative estimate of drug-likeness (QED) is 0.323. The fraction of sp³-hybridized carbons (Fsp3) is 0.333. The highest BCUT2D eigenvalue weighted by atomic mass is 31.1. The fourth-order valence-electron chi connectivity index (χ4n) is 0.131. The Kier molecular flexibility index (Phi) is 3.56. The normalized spacial score (nSPS) is 15.0. The number of rotatable bonds is 3. The third-order valence-electron chi connectivity index (χ3n) is 0.396. The second kappa shape index (κ2) is 3.69. The molecule has 0 aliphatic rings. The van der Waals surface area contributed by atoms with E-state index in [-0.39, 0.29) is 0 Å². The largest absolute Gasteiger partial charge is 0.566 e. The molecular weight excluding hydrogens is 131 g/mol. The lowest BCUT2D eigenvalue weighted by Gasteiger charge is -1.93. The van der Waals surface area contributed by atoms with E-state index >= 15 is 0 Å². The van der Waals surface area contributed by atoms with Crippen molar-refractivity contribution in [2.45, 2.75) is 6.29 Å². The van der Waals surface area contributed by atoms with E-state index in [0.29, 0.717) is 0 Å². The summed E-state index contributed by atoms with van der Waals surface area (Å²) in [6.45, 7) is 3.07. The predicted octanol–water partition coefficient (Wildman–Crippen LogP) is -0.475. The van der Waals surface area contributed by atoms with Crippen LogP contribution in [0.1, 0.15) is 0 Å². The maximum absolute atomic E-state index is 9.58. The van der Waals surface area contributed by atoms with Crippen molar-refractivity contribution in [3.8, 4) is 0 Å². The van der Waals surface area contributed by atoms with Gasteiger partial charge >= 0.3 is 8.25 Å². The molecule has 0 aliphatic heterocycles. The standard InChI is InChI=1S/C3H5O4P/c1-2-3(4)7-8(5)6/h2-4H,1H2. The van der Waals surface area contributed by atoms with Gasteiger partial charge in [-0.15, -0.1) is 4.52 Å². The third-order valence-corrected chi connectivity index (χ3v) is 0.784. The van der Waals surface area contributed by atoms with Gasteiger partial charge in [0.2, 0.25) is 6.29 Å². The molecule has 0 fully saturated rings. The molecule has 8 heavy (non-hydrogen) atoms. The summed E-state index contributed by atoms with van der Waals surface area (Å²) in [6.07, 6.45) is -0.443. The zero-order chi connectivity index (χ0) is 6.57. The predicted molar refractivity (Wildman–Crippen MR) is 24.9 cm³/mol. The van der Waals surface area contributed by atoms with E-state index in [0.717, 1.165) is 6.08 Å². The number of hydrogen-bond donors (Lipinski definition) is 1. The van der Waals surface area contributed by atoms with Gasteiger partial charge in [-0.3, -0.25) is 0 Å². The van der Waals surface area contributed by atoms with Crippen LogP contribution in [0.25, 0.3) is 0 Å². The monoisotopic (exact) mass is 136 g/mol. The van der Waals surface area contributed by atoms with E-state index in [1.54, 1.807) is 0 Å². The molecule has 0 aromatic rings. The first kappa shape index (κ1) is 7.72. The van der Waals surface area contributed by atoms with Gasteiger partial charge in [0.1, 0.15) is 0 Å². The van der Waals surface area contributed by atoms with E-state index in [4.69, 9.17) is 5.11 Å². The van der Waals surface area contributed by atoms with Gasteiger partial charge in [0.15, 0.2) is 0 Å². The molecule has 0 aromatic heterocycles. The molecule has 0 amide bonds. The van der Waals surface area contributed by atoms with Crippen LogP contribution < -0.4 is 4.89 Å². The summed E-state index contributed by atoms with van der Waals surface area (Å²) in [5.41, 5.74) is 0. The average molecular weight is 136 g/mol. The van der Waals surface area contributed by atoms with Crippen LogP contribution in [0.5, 0.6) is 0 Å². The van der Waals surface area contributed by atoms with E-state index in [9.17, 15) is 9.46 Å². The first-order valence-electron chi connectivity index (χ1n) is 1.78. The third kappa shape index (κ3) is 3.89. The molecule has 0 saturated carbocycles. The molecule has 5 heteroatoms. The Morgan fingerprint density at radius 1 is 2.00 bits per heavy atom. The molecular formula is C3H5O4P. The topological polar surface area (TPSA) is 69.6 Å². The zero-order valence-electron chi connectivity index (χ0n) is 3.98. The molecule has 0 aliphatic carbocycles. The lowest BCUT2D eigenvalue weighted by molar-refractivity contribution is -0.196. The lowest BCUT2D eigenvalue weighted by atomic mass is 10.6. The summed E-state index contributed by atoms with van der Waals surface area (Å²) in [4.78, 5) is 9.58. The molecule has 0 aromatic carbocycles. The van der Waals surface area contributed by atoms with E-state index in [1.165, 1.54) is 0 Å². The Balaban J connectivity index is 3.38. The van der Waals surface area contributed by atoms with Crippen LogP contribution in [-0.2, 0) is 9.09 Å². The number of aliphatic hydroxyl groups is 1. The maximum atomic E-state index is 9.58. The smallest absolute Gasteiger partial charge is 0.491 e. The van der Waals surface area contributed by atoms with Gasteiger partial charge in [-0.05, 0) is 10.6 Å². The van der Waals surface area contributed by atoms with Crippen molar-refractivity contribution in [3.63, 3.8) is 0 Å². The first-order valence-corrected chi connectivity index (χ1v) is 2.88. The molecule has 0 spiro atoms. The summed E-state index contributed by atoms with van der Waals surface area (Å²) in [5, 5.41) is 8.30. The van der Waals surface area contributed by atoms with Gasteiger partial charge in [0, 0.05) is 0 Å². The molecule has 46 valence electrons. The second-order valence-corrected chi connectivity index (χ2v) is 1.61. The zero-order valence-corrected chi connectivity index (χ0v) is 4.88. The molecule has 0 heterocycles. The van der Waals surface area contributed by atoms with Gasteiger partial charge in [-0.25, -0.2) is 0 Å². The molecule has 0 saturated heterocycles. The molecule has 1 N–H and O–H groups in total. The summed E-state index contributed by atoms with van der Waals surface area (Å²) in [5.74, 6) is 0. The van der Waals surface area contributed by atoms with Crippen LogP contribution in [0.15, 0.2) is 12.7 Å². The van der Waals surface area contributed by atoms with E-state index in [2.05, 4.69) is 11.1 Å². The lowest BCUT2D eigenvalue weighted by Crippen LogP contribution is -2.05. The first-order chi connectivity index (χ1) is 3.66. The van der Waals surface area contributed by atoms with Crippen molar-refractivity contribution in [2.75, 3.05) is 0 Å². The van der Waals surface area contributed by atoms with Crippen LogP contribution in [0.4, 0.5) is 0 Å². The molecule has 2 unspecified atom stereocenters. The van der Waals surface area contributed by atoms with Crippen molar-refractivity contribution < 1.29 is 19.1 Å². The highest BCUT2D eigenvalue weighted by Crippen LogP contribution is 2.11. The Hall–Kier alpha value is -0.280. The van der Waals surface area contributed by atoms with Gasteiger partial charge in [-0.1, -0.05) is 6.58 Å². The number of hydrogen-bond acceptors (Lipinski definition) is 4. The summed E-state index contributed by atoms with van der Waals surface area (Å²) in [7, 11) is -2.97. The van der Waals surface area contributed by atoms with Crippen molar-refractivity contribution >= 4 is 8.25 Å². The Morgan fingerprint density at radius 2 is 2.50 bits per heavy atom. The van der Waals surface area contributed by atoms with Gasteiger partial charge < -0.3 is 10.00 Å². The van der Waals surface area contributed by atoms with Crippen molar-refractivity contribution in [2.24, 2.45) is 0 Å². The summed E-state index contributed by atoms with van der Waals surface area (Å²) >= 11 is 0. The van der Waals surface area contributed by atoms with E-state index in [1.807, 2.05) is 0 Å². The minimum absolute atomic E-state index is 0.963. The van der Waals surface area contributed by atoms with Crippen LogP contribution in [0.2, 0.25) is 0 Å². The van der Waals surface area contributed by atoms with Gasteiger partial charge in [0.05, 0.1) is 0 Å². The van der Waals surface area contributed by atoms with Crippen LogP contribution in [0, 0.1) is 0 Å². The van der Waals surface area contributed by atoms with E-state index < -0.39 is 14.5 Å². The van der Waals surface area contributed by atoms with Crippen molar-refractivity contribution in [3.05, 3.63) is 12.7 Å². The molecule has 0 rings (SSSR count). The van der Waals surface area contributed by atoms with Crippen molar-refractivity contribution in [1.29, 1.82) is 0 Å². The minimum atomic E-state index is -2.97. The Morgan fingerprint density at radius 3 is 2.62 bits per heavy atom. The minimum Gasteiger partial charge on any atom is -0.566 e. The Bertz CT molecular complexity index is 101. The summed E-state index contributed by atoms with van der Waals surface area (Å²) in [6, 6.07) is 0. The fourth-order valence-corrected chi connectivity index (χ4v) is 0.394. The molecule has 2 atom stereocenters. The highest BCUT2D eigenvalue weighted by molar-refractivity contribution is 7.30. The maximum Gasteiger partial charge on any atom is 0.491 e. The second-order valence-electron chi connectivity index (χ2n) is 0.955. The molecule has 4 nitrogen and oxygen atoms in total. The molecule has 0 radical (unpaired) electrons. The highest BCUT2D eigenvalue weighted by Gasteiger charge is 2.07. The van der Waals surface area contributed by atoms with Crippen molar-refractivity contribution in [1.82, 2.24) is 0 Å². The van der Waals surface area contributed by atoms with Crippen LogP contribution >= 0.6 is 8.25 Å². The molecule has 0 bridgehead atoms. The van der Waals surface area contributed by atoms with Crippen LogP contribution in [0.3, 0.4) is 0 Å². The van der Waals surface area contributed by atoms with Gasteiger partial charge in [0.25, 0.3) is 0 Å². The van der Waals surface area contributed by atoms with Crippen LogP contribution in [-0.4, -0.2) is 11.4 Å². The average Bonchev–Trinajstić information content (AvgIpc) is 1.65. The SMILES string of the molecule is C=CC(O)O[P+](=O)[O-]. The summed E-state index contributed by atoms with van der Waals surface area (Å²) < 4.78 is 13.4. The van der Waals surface area contributed by atoms with Gasteiger partial charge in [-0.2, -0.15) is 0 Å².